The number of anilines is 1. The fourth-order valence-electron chi connectivity index (χ4n) is 2.47. The number of allylic oxidation sites excluding steroid dienone is 2. The second-order valence-electron chi connectivity index (χ2n) is 6.11. The number of nitrogens with zero attached hydrogens (tertiary/aromatic N) is 1. The normalized spacial score (nSPS) is 13.5. The molecule has 15 heteroatoms. The number of nitriles is 1. The summed E-state index contributed by atoms with van der Waals surface area (Å²) in [6.07, 6.45) is -15.3. The summed E-state index contributed by atoms with van der Waals surface area (Å²) in [5, 5.41) is 7.33. The molecule has 0 bridgehead atoms. The van der Waals surface area contributed by atoms with Crippen LogP contribution in [0.3, 0.4) is 0 Å². The van der Waals surface area contributed by atoms with E-state index in [0.29, 0.717) is 0 Å². The van der Waals surface area contributed by atoms with Crippen LogP contribution in [0.5, 0.6) is 0 Å². The summed E-state index contributed by atoms with van der Waals surface area (Å²) in [5.41, 5.74) is -7.82. The van der Waals surface area contributed by atoms with E-state index in [4.69, 9.17) is 46.4 Å². The molecule has 2 aromatic carbocycles. The van der Waals surface area contributed by atoms with Crippen LogP contribution >= 0.6 is 46.4 Å². The lowest BCUT2D eigenvalue weighted by Gasteiger charge is -2.20. The van der Waals surface area contributed by atoms with Gasteiger partial charge >= 0.3 is 18.5 Å². The summed E-state index contributed by atoms with van der Waals surface area (Å²) in [4.78, 5) is 0. The molecule has 2 nitrogen and oxygen atoms in total. The maximum atomic E-state index is 13.8. The first-order valence-corrected chi connectivity index (χ1v) is 9.50. The van der Waals surface area contributed by atoms with Crippen LogP contribution in [0.2, 0.25) is 20.1 Å². The molecule has 0 aliphatic heterocycles. The first-order valence-electron chi connectivity index (χ1n) is 7.99. The molecule has 2 aromatic rings. The number of alkyl halides is 9. The van der Waals surface area contributed by atoms with Crippen LogP contribution in [-0.4, -0.2) is 6.18 Å². The zero-order valence-electron chi connectivity index (χ0n) is 15.2. The number of halogens is 13. The van der Waals surface area contributed by atoms with Gasteiger partial charge in [0.15, 0.2) is 0 Å². The quantitative estimate of drug-likeness (QED) is 0.299. The topological polar surface area (TPSA) is 35.8 Å². The zero-order valence-corrected chi connectivity index (χ0v) is 18.2. The Morgan fingerprint density at radius 3 is 1.36 bits per heavy atom. The highest BCUT2D eigenvalue weighted by Gasteiger charge is 2.40. The van der Waals surface area contributed by atoms with Crippen molar-refractivity contribution in [2.75, 3.05) is 5.32 Å². The van der Waals surface area contributed by atoms with Crippen molar-refractivity contribution in [2.45, 2.75) is 18.5 Å². The lowest BCUT2D eigenvalue weighted by atomic mass is 10.0. The number of benzene rings is 2. The molecule has 0 unspecified atom stereocenters. The van der Waals surface area contributed by atoms with Crippen LogP contribution in [0.1, 0.15) is 16.7 Å². The third-order valence-corrected chi connectivity index (χ3v) is 5.08. The third-order valence-electron chi connectivity index (χ3n) is 3.88. The molecule has 0 saturated heterocycles. The molecular weight excluding hydrogens is 557 g/mol. The number of nitrogens with one attached hydrogen (secondary N) is 1. The van der Waals surface area contributed by atoms with Gasteiger partial charge in [0.2, 0.25) is 0 Å². The van der Waals surface area contributed by atoms with Crippen molar-refractivity contribution in [3.8, 4) is 6.07 Å². The summed E-state index contributed by atoms with van der Waals surface area (Å²) in [7, 11) is 0. The van der Waals surface area contributed by atoms with E-state index in [1.165, 1.54) is 0 Å². The molecule has 0 aliphatic rings. The molecular formula is C18H5Cl4F9N2. The van der Waals surface area contributed by atoms with E-state index in [9.17, 15) is 44.8 Å². The van der Waals surface area contributed by atoms with Gasteiger partial charge < -0.3 is 5.32 Å². The number of hydrogen-bond acceptors (Lipinski definition) is 2. The van der Waals surface area contributed by atoms with Crippen LogP contribution < -0.4 is 5.32 Å². The first-order chi connectivity index (χ1) is 14.9. The van der Waals surface area contributed by atoms with E-state index in [1.807, 2.05) is 0 Å². The van der Waals surface area contributed by atoms with E-state index in [1.54, 1.807) is 5.32 Å². The maximum absolute atomic E-state index is 13.8. The highest BCUT2D eigenvalue weighted by molar-refractivity contribution is 6.40. The van der Waals surface area contributed by atoms with Crippen molar-refractivity contribution in [3.63, 3.8) is 0 Å². The molecule has 0 radical (unpaired) electrons. The molecule has 0 aromatic heterocycles. The smallest absolute Gasteiger partial charge is 0.348 e. The Bertz CT molecular complexity index is 1110. The average molecular weight is 562 g/mol. The lowest BCUT2D eigenvalue weighted by Crippen LogP contribution is -2.22. The van der Waals surface area contributed by atoms with E-state index in [-0.39, 0.29) is 24.3 Å². The minimum atomic E-state index is -5.41. The standard InChI is InChI=1S/C18H5Cl4F9N2/c19-9-1-6(16(23,24)25)2-10(20)13(9)8(5-32)15(18(29,30)31)33-14-11(21)3-7(4-12(14)22)17(26,27)28/h1-4,33H/b15-8+. The van der Waals surface area contributed by atoms with Crippen molar-refractivity contribution in [3.05, 3.63) is 66.7 Å². The van der Waals surface area contributed by atoms with Crippen molar-refractivity contribution in [1.29, 1.82) is 5.26 Å². The molecule has 2 rings (SSSR count). The Labute approximate surface area is 199 Å². The van der Waals surface area contributed by atoms with Crippen LogP contribution in [-0.2, 0) is 12.4 Å². The van der Waals surface area contributed by atoms with Crippen LogP contribution in [0, 0.1) is 11.3 Å². The number of rotatable bonds is 3. The molecule has 0 amide bonds. The van der Waals surface area contributed by atoms with Gasteiger partial charge in [0, 0.05) is 5.56 Å². The molecule has 0 atom stereocenters. The van der Waals surface area contributed by atoms with Crippen molar-refractivity contribution in [2.24, 2.45) is 0 Å². The van der Waals surface area contributed by atoms with E-state index < -0.39 is 72.3 Å². The van der Waals surface area contributed by atoms with E-state index in [2.05, 4.69) is 0 Å². The highest BCUT2D eigenvalue weighted by atomic mass is 35.5. The predicted octanol–water partition coefficient (Wildman–Crippen LogP) is 9.25. The fraction of sp³-hybridized carbons (Fsp3) is 0.167. The Balaban J connectivity index is 2.78. The van der Waals surface area contributed by atoms with Gasteiger partial charge in [-0.1, -0.05) is 46.4 Å². The van der Waals surface area contributed by atoms with E-state index >= 15 is 0 Å². The van der Waals surface area contributed by atoms with Gasteiger partial charge in [0.1, 0.15) is 11.8 Å². The highest BCUT2D eigenvalue weighted by Crippen LogP contribution is 2.44. The second kappa shape index (κ2) is 9.33. The zero-order chi connectivity index (χ0) is 25.5. The van der Waals surface area contributed by atoms with Gasteiger partial charge in [-0.15, -0.1) is 0 Å². The van der Waals surface area contributed by atoms with Crippen molar-refractivity contribution >= 4 is 57.7 Å². The molecule has 0 aliphatic carbocycles. The molecule has 1 N–H and O–H groups in total. The van der Waals surface area contributed by atoms with Crippen molar-refractivity contribution < 1.29 is 39.5 Å². The van der Waals surface area contributed by atoms with Crippen LogP contribution in [0.4, 0.5) is 45.2 Å². The molecule has 0 fully saturated rings. The molecule has 33 heavy (non-hydrogen) atoms. The first kappa shape index (κ1) is 27.2. The Kier molecular flexibility index (Phi) is 7.70. The van der Waals surface area contributed by atoms with Gasteiger partial charge in [-0.3, -0.25) is 0 Å². The third kappa shape index (κ3) is 6.12. The number of hydrogen-bond donors (Lipinski definition) is 1. The van der Waals surface area contributed by atoms with Crippen molar-refractivity contribution in [1.82, 2.24) is 0 Å². The van der Waals surface area contributed by atoms with Gasteiger partial charge in [0.25, 0.3) is 0 Å². The monoisotopic (exact) mass is 560 g/mol. The predicted molar refractivity (Wildman–Crippen MR) is 105 cm³/mol. The summed E-state index contributed by atoms with van der Waals surface area (Å²) >= 11 is 22.7. The van der Waals surface area contributed by atoms with Crippen LogP contribution in [0.25, 0.3) is 5.57 Å². The Morgan fingerprint density at radius 2 is 1.06 bits per heavy atom. The summed E-state index contributed by atoms with van der Waals surface area (Å²) in [5.74, 6) is 0. The second-order valence-corrected chi connectivity index (χ2v) is 7.74. The van der Waals surface area contributed by atoms with Gasteiger partial charge in [-0.2, -0.15) is 44.8 Å². The Hall–Kier alpha value is -2.00. The van der Waals surface area contributed by atoms with Crippen LogP contribution in [0.15, 0.2) is 30.0 Å². The summed E-state index contributed by atoms with van der Waals surface area (Å²) < 4.78 is 119. The molecule has 0 saturated carbocycles. The maximum Gasteiger partial charge on any atom is 0.432 e. The summed E-state index contributed by atoms with van der Waals surface area (Å²) in [6.45, 7) is 0. The summed E-state index contributed by atoms with van der Waals surface area (Å²) in [6, 6.07) is 2.22. The van der Waals surface area contributed by atoms with Gasteiger partial charge in [0.05, 0.1) is 42.5 Å². The van der Waals surface area contributed by atoms with Gasteiger partial charge in [-0.05, 0) is 24.3 Å². The largest absolute Gasteiger partial charge is 0.432 e. The lowest BCUT2D eigenvalue weighted by molar-refractivity contribution is -0.138. The average Bonchev–Trinajstić information content (AvgIpc) is 2.62. The Morgan fingerprint density at radius 1 is 0.697 bits per heavy atom. The van der Waals surface area contributed by atoms with Gasteiger partial charge in [-0.25, -0.2) is 0 Å². The fourth-order valence-corrected chi connectivity index (χ4v) is 3.73. The minimum absolute atomic E-state index is 0.256. The molecule has 0 heterocycles. The SMILES string of the molecule is N#C/C(=C(\Nc1c(Cl)cc(C(F)(F)F)cc1Cl)C(F)(F)F)c1c(Cl)cc(C(F)(F)F)cc1Cl. The minimum Gasteiger partial charge on any atom is -0.348 e. The molecule has 178 valence electrons. The molecule has 0 spiro atoms. The van der Waals surface area contributed by atoms with E-state index in [0.717, 1.165) is 6.07 Å².